The quantitative estimate of drug-likeness (QED) is 0.0743. The second-order valence-corrected chi connectivity index (χ2v) is 9.05. The van der Waals surface area contributed by atoms with Crippen LogP contribution >= 0.6 is 12.0 Å². The summed E-state index contributed by atoms with van der Waals surface area (Å²) in [5.41, 5.74) is 3.94. The Morgan fingerprint density at radius 3 is 1.59 bits per heavy atom. The van der Waals surface area contributed by atoms with Gasteiger partial charge in [-0.2, -0.15) is 0 Å². The predicted octanol–water partition coefficient (Wildman–Crippen LogP) is 5.94. The van der Waals surface area contributed by atoms with E-state index in [0.29, 0.717) is 46.1 Å². The van der Waals surface area contributed by atoms with E-state index in [1.165, 1.54) is 13.8 Å². The van der Waals surface area contributed by atoms with Crippen molar-refractivity contribution in [2.24, 2.45) is 0 Å². The van der Waals surface area contributed by atoms with Gasteiger partial charge in [-0.1, -0.05) is 59.9 Å². The minimum Gasteiger partial charge on any atom is -0.492 e. The van der Waals surface area contributed by atoms with Crippen molar-refractivity contribution >= 4 is 30.4 Å². The van der Waals surface area contributed by atoms with Crippen LogP contribution in [0.5, 0.6) is 11.5 Å². The first-order chi connectivity index (χ1) is 19.9. The van der Waals surface area contributed by atoms with Crippen LogP contribution in [0.1, 0.15) is 70.2 Å². The molecule has 0 atom stereocenters. The van der Waals surface area contributed by atoms with Crippen molar-refractivity contribution in [3.63, 3.8) is 0 Å². The van der Waals surface area contributed by atoms with Crippen LogP contribution in [0.4, 0.5) is 0 Å². The molecule has 0 amide bonds. The Hall–Kier alpha value is -4.38. The first-order valence-corrected chi connectivity index (χ1v) is 13.4. The highest BCUT2D eigenvalue weighted by Crippen LogP contribution is 2.29. The molecule has 9 heteroatoms. The van der Waals surface area contributed by atoms with Crippen molar-refractivity contribution in [2.75, 3.05) is 19.0 Å². The Bertz CT molecular complexity index is 1430. The third-order valence-electron chi connectivity index (χ3n) is 5.31. The van der Waals surface area contributed by atoms with Gasteiger partial charge in [0, 0.05) is 46.4 Å². The smallest absolute Gasteiger partial charge is 0.159 e. The molecule has 0 saturated heterocycles. The molecule has 0 aromatic heterocycles. The van der Waals surface area contributed by atoms with Gasteiger partial charge in [-0.3, -0.25) is 9.59 Å². The van der Waals surface area contributed by atoms with Crippen LogP contribution in [0.25, 0.3) is 0 Å². The van der Waals surface area contributed by atoms with Crippen molar-refractivity contribution in [1.29, 1.82) is 0 Å². The Morgan fingerprint density at radius 2 is 1.20 bits per heavy atom. The van der Waals surface area contributed by atoms with E-state index in [1.54, 1.807) is 60.7 Å². The van der Waals surface area contributed by atoms with E-state index in [2.05, 4.69) is 33.1 Å². The number of hydrogen-bond acceptors (Lipinski definition) is 9. The van der Waals surface area contributed by atoms with E-state index in [-0.39, 0.29) is 18.2 Å². The Kier molecular flexibility index (Phi) is 14.5. The van der Waals surface area contributed by atoms with Crippen LogP contribution in [0.3, 0.4) is 0 Å². The zero-order chi connectivity index (χ0) is 30.0. The van der Waals surface area contributed by atoms with Crippen LogP contribution in [0, 0.1) is 23.7 Å². The van der Waals surface area contributed by atoms with Gasteiger partial charge in [-0.05, 0) is 44.5 Å². The van der Waals surface area contributed by atoms with Gasteiger partial charge in [-0.25, -0.2) is 5.26 Å². The average molecular weight is 575 g/mol. The largest absolute Gasteiger partial charge is 0.492 e. The molecule has 1 N–H and O–H groups in total. The van der Waals surface area contributed by atoms with E-state index in [4.69, 9.17) is 19.5 Å². The minimum absolute atomic E-state index is 0.00726. The lowest BCUT2D eigenvalue weighted by Crippen LogP contribution is -2.04. The average Bonchev–Trinajstić information content (AvgIpc) is 2.99. The zero-order valence-electron chi connectivity index (χ0n) is 23.0. The number of rotatable bonds is 11. The summed E-state index contributed by atoms with van der Waals surface area (Å²) in [6.45, 7) is 7.79. The van der Waals surface area contributed by atoms with E-state index in [9.17, 15) is 9.59 Å². The number of benzene rings is 3. The van der Waals surface area contributed by atoms with Crippen LogP contribution in [-0.4, -0.2) is 42.6 Å². The van der Waals surface area contributed by atoms with Gasteiger partial charge in [0.1, 0.15) is 18.3 Å². The maximum Gasteiger partial charge on any atom is 0.159 e. The highest BCUT2D eigenvalue weighted by atomic mass is 32.2. The van der Waals surface area contributed by atoms with E-state index in [0.717, 1.165) is 29.6 Å². The lowest BCUT2D eigenvalue weighted by molar-refractivity contribution is -0.432. The maximum atomic E-state index is 11.6. The Balaban J connectivity index is 0.00000287. The molecule has 0 fully saturated rings. The Morgan fingerprint density at radius 1 is 0.756 bits per heavy atom. The number of carbonyl (C=O) groups excluding carboxylic acids is 3. The summed E-state index contributed by atoms with van der Waals surface area (Å²) in [5, 5.41) is 11.9. The van der Waals surface area contributed by atoms with Gasteiger partial charge < -0.3 is 14.3 Å². The van der Waals surface area contributed by atoms with Gasteiger partial charge in [-0.15, -0.1) is 4.33 Å². The normalized spacial score (nSPS) is 9.66. The number of ether oxygens (including phenoxy) is 2. The zero-order valence-corrected chi connectivity index (χ0v) is 23.8. The fourth-order valence-electron chi connectivity index (χ4n) is 3.30. The van der Waals surface area contributed by atoms with Crippen molar-refractivity contribution in [3.8, 4) is 35.2 Å². The first-order valence-electron chi connectivity index (χ1n) is 12.5. The summed E-state index contributed by atoms with van der Waals surface area (Å²) in [6, 6.07) is 17.7. The van der Waals surface area contributed by atoms with Crippen LogP contribution < -0.4 is 9.47 Å². The third kappa shape index (κ3) is 11.0. The summed E-state index contributed by atoms with van der Waals surface area (Å²) < 4.78 is 16.4. The van der Waals surface area contributed by atoms with Gasteiger partial charge >= 0.3 is 0 Å². The maximum absolute atomic E-state index is 11.6. The van der Waals surface area contributed by atoms with Crippen molar-refractivity contribution < 1.29 is 38.5 Å². The highest BCUT2D eigenvalue weighted by molar-refractivity contribution is 7.94. The predicted molar refractivity (Wildman–Crippen MR) is 157 cm³/mol. The molecule has 3 aromatic carbocycles. The molecule has 8 nitrogen and oxygen atoms in total. The number of hydrogen-bond donors (Lipinski definition) is 1. The van der Waals surface area contributed by atoms with Gasteiger partial charge in [0.15, 0.2) is 11.6 Å². The van der Waals surface area contributed by atoms with Crippen molar-refractivity contribution in [1.82, 2.24) is 0 Å². The number of ketones is 2. The summed E-state index contributed by atoms with van der Waals surface area (Å²) in [6.07, 6.45) is 0.811. The number of Topliss-reactive ketones (excluding diaryl/α,β-unsaturated/α-hetero) is 2. The molecule has 0 bridgehead atoms. The molecule has 0 radical (unpaired) electrons. The SMILES string of the molecule is C=O.CCCOc1cc(C#Cc2ccc(C(C)=O)cc2)c(OCCSOOO)cc1C#Cc1ccc(C(C)=O)cc1. The van der Waals surface area contributed by atoms with E-state index < -0.39 is 0 Å². The molecule has 0 spiro atoms. The molecular formula is C32H30O8S. The highest BCUT2D eigenvalue weighted by Gasteiger charge is 2.11. The molecule has 0 aliphatic heterocycles. The summed E-state index contributed by atoms with van der Waals surface area (Å²) >= 11 is 0.884. The minimum atomic E-state index is -0.0112. The third-order valence-corrected chi connectivity index (χ3v) is 5.80. The van der Waals surface area contributed by atoms with Crippen LogP contribution in [0.15, 0.2) is 60.7 Å². The lowest BCUT2D eigenvalue weighted by atomic mass is 10.1. The van der Waals surface area contributed by atoms with Gasteiger partial charge in [0.25, 0.3) is 0 Å². The molecule has 3 aromatic rings. The second kappa shape index (κ2) is 18.1. The number of carbonyl (C=O) groups is 3. The molecule has 0 unspecified atom stereocenters. The topological polar surface area (TPSA) is 108 Å². The molecular weight excluding hydrogens is 544 g/mol. The Labute approximate surface area is 244 Å². The van der Waals surface area contributed by atoms with Gasteiger partial charge in [0.2, 0.25) is 0 Å². The van der Waals surface area contributed by atoms with E-state index in [1.807, 2.05) is 13.7 Å². The summed E-state index contributed by atoms with van der Waals surface area (Å²) in [4.78, 5) is 31.1. The first kappa shape index (κ1) is 32.8. The molecule has 0 aliphatic carbocycles. The fraction of sp³-hybridized carbons (Fsp3) is 0.219. The lowest BCUT2D eigenvalue weighted by Gasteiger charge is -2.13. The fourth-order valence-corrected chi connectivity index (χ4v) is 3.57. The second-order valence-electron chi connectivity index (χ2n) is 8.27. The molecule has 0 heterocycles. The standard InChI is InChI=1S/C31H28O7S.CH2O/c1-4-17-35-30-20-29(16-10-25-7-13-27(14-8-25)23(3)33)31(36-18-19-39-38-37-34)21-28(30)15-9-24-5-11-26(12-6-24)22(2)32;1-2/h5-8,11-14,20-21,34H,4,17-19H2,1-3H3;1H2. The van der Waals surface area contributed by atoms with Crippen molar-refractivity contribution in [2.45, 2.75) is 27.2 Å². The van der Waals surface area contributed by atoms with Crippen LogP contribution in [0.2, 0.25) is 0 Å². The molecule has 212 valence electrons. The van der Waals surface area contributed by atoms with E-state index >= 15 is 0 Å². The molecule has 0 aliphatic rings. The van der Waals surface area contributed by atoms with Gasteiger partial charge in [0.05, 0.1) is 30.1 Å². The summed E-state index contributed by atoms with van der Waals surface area (Å²) in [7, 11) is 0. The summed E-state index contributed by atoms with van der Waals surface area (Å²) in [5.74, 6) is 13.9. The molecule has 41 heavy (non-hydrogen) atoms. The van der Waals surface area contributed by atoms with Crippen molar-refractivity contribution in [3.05, 3.63) is 94.0 Å². The van der Waals surface area contributed by atoms with Crippen LogP contribution in [-0.2, 0) is 14.2 Å². The molecule has 3 rings (SSSR count). The molecule has 0 saturated carbocycles. The monoisotopic (exact) mass is 574 g/mol.